The molecule has 3 rings (SSSR count). The highest BCUT2D eigenvalue weighted by Crippen LogP contribution is 2.27. The van der Waals surface area contributed by atoms with Gasteiger partial charge < -0.3 is 35.7 Å². The zero-order valence-electron chi connectivity index (χ0n) is 26.6. The average molecular weight is 583 g/mol. The molecule has 0 aliphatic rings. The van der Waals surface area contributed by atoms with E-state index in [0.717, 1.165) is 24.1 Å². The van der Waals surface area contributed by atoms with Crippen LogP contribution in [0.2, 0.25) is 0 Å². The number of nitrogens with zero attached hydrogens (tertiary/aromatic N) is 5. The van der Waals surface area contributed by atoms with Crippen molar-refractivity contribution >= 4 is 28.8 Å². The summed E-state index contributed by atoms with van der Waals surface area (Å²) in [5, 5.41) is 15.9. The Bertz CT molecular complexity index is 1290. The van der Waals surface area contributed by atoms with Gasteiger partial charge in [-0.05, 0) is 78.5 Å². The number of fused-ring (bicyclic) bond motifs is 1. The molecule has 11 nitrogen and oxygen atoms in total. The molecular weight excluding hydrogens is 532 g/mol. The predicted molar refractivity (Wildman–Crippen MR) is 169 cm³/mol. The second-order valence-electron chi connectivity index (χ2n) is 12.6. The number of carbonyl (C=O) groups excluding carboxylic acids is 1. The number of aromatic nitrogens is 4. The minimum Gasteiger partial charge on any atom is -0.394 e. The standard InChI is InChI=1S/C31H50N8O3/c1-9-24(19-40)35-29-36-26(25-27(37-29)39(20-34-25)21(2)3)38(8)18-22-10-12-23(13-11-22)28(41)33-16-14-31(6,7)42-17-15-30(4,5)32/h10-13,20-21,24,40H,9,14-19,32H2,1-8H3,(H,33,41)(H,35,36,37). The smallest absolute Gasteiger partial charge is 0.251 e. The Labute approximate surface area is 250 Å². The van der Waals surface area contributed by atoms with E-state index in [-0.39, 0.29) is 35.7 Å². The zero-order chi connectivity index (χ0) is 31.1. The summed E-state index contributed by atoms with van der Waals surface area (Å²) in [6, 6.07) is 7.62. The van der Waals surface area contributed by atoms with Crippen LogP contribution in [0.1, 0.15) is 89.7 Å². The van der Waals surface area contributed by atoms with Crippen molar-refractivity contribution in [3.8, 4) is 0 Å². The van der Waals surface area contributed by atoms with Gasteiger partial charge in [0.2, 0.25) is 5.95 Å². The van der Waals surface area contributed by atoms with E-state index in [9.17, 15) is 9.90 Å². The summed E-state index contributed by atoms with van der Waals surface area (Å²) in [5.41, 5.74) is 8.50. The summed E-state index contributed by atoms with van der Waals surface area (Å²) >= 11 is 0. The van der Waals surface area contributed by atoms with Gasteiger partial charge in [-0.2, -0.15) is 9.97 Å². The molecule has 0 spiro atoms. The number of hydrogen-bond acceptors (Lipinski definition) is 9. The van der Waals surface area contributed by atoms with Gasteiger partial charge in [-0.25, -0.2) is 4.98 Å². The van der Waals surface area contributed by atoms with Crippen LogP contribution < -0.4 is 21.3 Å². The first kappa shape index (κ1) is 33.2. The molecule has 5 N–H and O–H groups in total. The van der Waals surface area contributed by atoms with Crippen LogP contribution in [0.3, 0.4) is 0 Å². The Hall–Kier alpha value is -3.28. The molecule has 0 saturated heterocycles. The number of imidazole rings is 1. The van der Waals surface area contributed by atoms with Gasteiger partial charge in [-0.1, -0.05) is 19.1 Å². The van der Waals surface area contributed by atoms with Crippen molar-refractivity contribution in [2.75, 3.05) is 37.0 Å². The zero-order valence-corrected chi connectivity index (χ0v) is 26.6. The Morgan fingerprint density at radius 2 is 1.83 bits per heavy atom. The molecule has 0 fully saturated rings. The van der Waals surface area contributed by atoms with Crippen LogP contribution in [-0.4, -0.2) is 74.5 Å². The lowest BCUT2D eigenvalue weighted by Crippen LogP contribution is -2.37. The highest BCUT2D eigenvalue weighted by Gasteiger charge is 2.21. The molecule has 1 atom stereocenters. The molecular formula is C31H50N8O3. The van der Waals surface area contributed by atoms with E-state index < -0.39 is 0 Å². The van der Waals surface area contributed by atoms with Crippen molar-refractivity contribution in [3.63, 3.8) is 0 Å². The monoisotopic (exact) mass is 582 g/mol. The molecule has 2 heterocycles. The minimum atomic E-state index is -0.352. The lowest BCUT2D eigenvalue weighted by Gasteiger charge is -2.27. The largest absolute Gasteiger partial charge is 0.394 e. The van der Waals surface area contributed by atoms with Crippen molar-refractivity contribution in [2.24, 2.45) is 5.73 Å². The van der Waals surface area contributed by atoms with Gasteiger partial charge in [0.25, 0.3) is 5.91 Å². The van der Waals surface area contributed by atoms with Crippen LogP contribution in [0, 0.1) is 0 Å². The van der Waals surface area contributed by atoms with Crippen LogP contribution in [0.5, 0.6) is 0 Å². The number of ether oxygens (including phenoxy) is 1. The van der Waals surface area contributed by atoms with Gasteiger partial charge in [0, 0.05) is 43.9 Å². The maximum Gasteiger partial charge on any atom is 0.251 e. The summed E-state index contributed by atoms with van der Waals surface area (Å²) in [7, 11) is 1.96. The molecule has 3 aromatic rings. The van der Waals surface area contributed by atoms with Gasteiger partial charge in [-0.15, -0.1) is 0 Å². The van der Waals surface area contributed by atoms with Crippen molar-refractivity contribution in [2.45, 2.75) is 97.5 Å². The van der Waals surface area contributed by atoms with Crippen molar-refractivity contribution in [3.05, 3.63) is 41.7 Å². The lowest BCUT2D eigenvalue weighted by molar-refractivity contribution is -0.0283. The molecule has 232 valence electrons. The number of aliphatic hydroxyl groups excluding tert-OH is 1. The quantitative estimate of drug-likeness (QED) is 0.195. The van der Waals surface area contributed by atoms with Crippen molar-refractivity contribution < 1.29 is 14.6 Å². The fraction of sp³-hybridized carbons (Fsp3) is 0.613. The number of rotatable bonds is 16. The first-order chi connectivity index (χ1) is 19.7. The third-order valence-corrected chi connectivity index (χ3v) is 7.26. The van der Waals surface area contributed by atoms with Crippen LogP contribution in [0.15, 0.2) is 30.6 Å². The second kappa shape index (κ2) is 14.3. The van der Waals surface area contributed by atoms with Gasteiger partial charge in [0.1, 0.15) is 0 Å². The summed E-state index contributed by atoms with van der Waals surface area (Å²) < 4.78 is 8.01. The second-order valence-corrected chi connectivity index (χ2v) is 12.6. The minimum absolute atomic E-state index is 0.00867. The number of nitrogens with two attached hydrogens (primary N) is 1. The van der Waals surface area contributed by atoms with Crippen molar-refractivity contribution in [1.29, 1.82) is 0 Å². The molecule has 0 bridgehead atoms. The maximum atomic E-state index is 12.8. The van der Waals surface area contributed by atoms with Crippen LogP contribution in [0.4, 0.5) is 11.8 Å². The Morgan fingerprint density at radius 3 is 2.43 bits per heavy atom. The molecule has 0 aliphatic carbocycles. The first-order valence-electron chi connectivity index (χ1n) is 14.9. The number of benzene rings is 1. The van der Waals surface area contributed by atoms with Crippen LogP contribution >= 0.6 is 0 Å². The normalized spacial score (nSPS) is 13.0. The fourth-order valence-electron chi connectivity index (χ4n) is 4.42. The Morgan fingerprint density at radius 1 is 1.14 bits per heavy atom. The SMILES string of the molecule is CCC(CO)Nc1nc(N(C)Cc2ccc(C(=O)NCCC(C)(C)OCCC(C)(C)N)cc2)c2ncn(C(C)C)c2n1. The molecule has 0 saturated carbocycles. The molecule has 42 heavy (non-hydrogen) atoms. The van der Waals surface area contributed by atoms with Crippen LogP contribution in [-0.2, 0) is 11.3 Å². The van der Waals surface area contributed by atoms with E-state index in [1.54, 1.807) is 6.33 Å². The molecule has 11 heteroatoms. The summed E-state index contributed by atoms with van der Waals surface area (Å²) in [4.78, 5) is 28.9. The van der Waals surface area contributed by atoms with Gasteiger partial charge >= 0.3 is 0 Å². The molecule has 0 aliphatic heterocycles. The molecule has 1 aromatic carbocycles. The highest BCUT2D eigenvalue weighted by atomic mass is 16.5. The number of anilines is 2. The predicted octanol–water partition coefficient (Wildman–Crippen LogP) is 4.27. The van der Waals surface area contributed by atoms with E-state index in [0.29, 0.717) is 49.0 Å². The van der Waals surface area contributed by atoms with E-state index in [2.05, 4.69) is 29.5 Å². The number of hydrogen-bond donors (Lipinski definition) is 4. The highest BCUT2D eigenvalue weighted by molar-refractivity contribution is 5.94. The van der Waals surface area contributed by atoms with Gasteiger partial charge in [-0.3, -0.25) is 4.79 Å². The van der Waals surface area contributed by atoms with Gasteiger partial charge in [0.15, 0.2) is 17.0 Å². The topological polar surface area (TPSA) is 143 Å². The number of nitrogens with one attached hydrogen (secondary N) is 2. The molecule has 1 amide bonds. The lowest BCUT2D eigenvalue weighted by atomic mass is 10.0. The summed E-state index contributed by atoms with van der Waals surface area (Å²) in [6.45, 7) is 15.8. The summed E-state index contributed by atoms with van der Waals surface area (Å²) in [5.74, 6) is 1.03. The van der Waals surface area contributed by atoms with Crippen molar-refractivity contribution in [1.82, 2.24) is 24.8 Å². The number of aliphatic hydroxyl groups is 1. The van der Waals surface area contributed by atoms with E-state index in [1.165, 1.54) is 0 Å². The van der Waals surface area contributed by atoms with E-state index in [4.69, 9.17) is 20.4 Å². The Balaban J connectivity index is 1.65. The maximum absolute atomic E-state index is 12.8. The molecule has 2 aromatic heterocycles. The van der Waals surface area contributed by atoms with Crippen LogP contribution in [0.25, 0.3) is 11.2 Å². The van der Waals surface area contributed by atoms with E-state index in [1.807, 2.05) is 75.4 Å². The molecule has 0 radical (unpaired) electrons. The average Bonchev–Trinajstić information content (AvgIpc) is 3.35. The Kier molecular flexibility index (Phi) is 11.3. The third kappa shape index (κ3) is 9.37. The first-order valence-corrected chi connectivity index (χ1v) is 14.9. The fourth-order valence-corrected chi connectivity index (χ4v) is 4.42. The third-order valence-electron chi connectivity index (χ3n) is 7.26. The number of amides is 1. The number of carbonyl (C=O) groups is 1. The molecule has 1 unspecified atom stereocenters. The van der Waals surface area contributed by atoms with E-state index >= 15 is 0 Å². The van der Waals surface area contributed by atoms with Gasteiger partial charge in [0.05, 0.1) is 24.6 Å². The summed E-state index contributed by atoms with van der Waals surface area (Å²) in [6.07, 6.45) is 4.00.